The number of methoxy groups -OCH3 is 1. The Kier molecular flexibility index (Phi) is 3.93. The molecular formula is C14H15N3O3. The zero-order valence-electron chi connectivity index (χ0n) is 11.6. The topological polar surface area (TPSA) is 74.1 Å². The number of rotatable bonds is 3. The first kappa shape index (κ1) is 13.9. The number of esters is 1. The molecule has 104 valence electrons. The standard InChI is InChI=1S/C14H15N3O3/c1-9-6-13(18)17(10(2)16-9)8-12-5-4-11(7-15-12)14(19)20-3/h4-7H,8H2,1-3H3. The third kappa shape index (κ3) is 2.90. The summed E-state index contributed by atoms with van der Waals surface area (Å²) in [6, 6.07) is 4.80. The molecule has 6 heteroatoms. The van der Waals surface area contributed by atoms with E-state index in [9.17, 15) is 9.59 Å². The van der Waals surface area contributed by atoms with E-state index in [-0.39, 0.29) is 5.56 Å². The number of hydrogen-bond acceptors (Lipinski definition) is 5. The van der Waals surface area contributed by atoms with Crippen LogP contribution in [0.1, 0.15) is 27.6 Å². The maximum absolute atomic E-state index is 11.9. The van der Waals surface area contributed by atoms with Gasteiger partial charge in [0.2, 0.25) is 0 Å². The van der Waals surface area contributed by atoms with Crippen LogP contribution in [0, 0.1) is 13.8 Å². The van der Waals surface area contributed by atoms with Crippen molar-refractivity contribution in [2.75, 3.05) is 7.11 Å². The fourth-order valence-corrected chi connectivity index (χ4v) is 1.87. The normalized spacial score (nSPS) is 10.3. The van der Waals surface area contributed by atoms with Gasteiger partial charge in [0, 0.05) is 18.0 Å². The summed E-state index contributed by atoms with van der Waals surface area (Å²) in [6.45, 7) is 3.87. The molecule has 0 bridgehead atoms. The highest BCUT2D eigenvalue weighted by Gasteiger charge is 2.08. The number of aryl methyl sites for hydroxylation is 2. The van der Waals surface area contributed by atoms with Gasteiger partial charge in [0.1, 0.15) is 5.82 Å². The van der Waals surface area contributed by atoms with Crippen LogP contribution in [0.2, 0.25) is 0 Å². The molecule has 0 N–H and O–H groups in total. The lowest BCUT2D eigenvalue weighted by Crippen LogP contribution is -2.24. The molecule has 0 spiro atoms. The van der Waals surface area contributed by atoms with E-state index in [0.29, 0.717) is 29.3 Å². The van der Waals surface area contributed by atoms with Gasteiger partial charge in [0.05, 0.1) is 24.9 Å². The van der Waals surface area contributed by atoms with Gasteiger partial charge >= 0.3 is 5.97 Å². The van der Waals surface area contributed by atoms with E-state index in [1.807, 2.05) is 0 Å². The average Bonchev–Trinajstić information content (AvgIpc) is 2.42. The average molecular weight is 273 g/mol. The predicted octanol–water partition coefficient (Wildman–Crippen LogP) is 1.09. The van der Waals surface area contributed by atoms with Gasteiger partial charge < -0.3 is 4.74 Å². The second-order valence-electron chi connectivity index (χ2n) is 4.40. The molecule has 6 nitrogen and oxygen atoms in total. The van der Waals surface area contributed by atoms with Gasteiger partial charge in [-0.05, 0) is 26.0 Å². The van der Waals surface area contributed by atoms with Gasteiger partial charge in [0.15, 0.2) is 0 Å². The lowest BCUT2D eigenvalue weighted by molar-refractivity contribution is 0.0600. The summed E-state index contributed by atoms with van der Waals surface area (Å²) in [5.74, 6) is 0.197. The first-order valence-electron chi connectivity index (χ1n) is 6.09. The van der Waals surface area contributed by atoms with Gasteiger partial charge in [-0.15, -0.1) is 0 Å². The fourth-order valence-electron chi connectivity index (χ4n) is 1.87. The summed E-state index contributed by atoms with van der Waals surface area (Å²) in [5.41, 5.74) is 1.63. The summed E-state index contributed by atoms with van der Waals surface area (Å²) in [5, 5.41) is 0. The van der Waals surface area contributed by atoms with Crippen molar-refractivity contribution in [1.29, 1.82) is 0 Å². The molecule has 0 saturated carbocycles. The first-order valence-corrected chi connectivity index (χ1v) is 6.09. The lowest BCUT2D eigenvalue weighted by Gasteiger charge is -2.09. The van der Waals surface area contributed by atoms with Crippen molar-refractivity contribution >= 4 is 5.97 Å². The number of aromatic nitrogens is 3. The highest BCUT2D eigenvalue weighted by atomic mass is 16.5. The van der Waals surface area contributed by atoms with Crippen molar-refractivity contribution in [1.82, 2.24) is 14.5 Å². The molecule has 0 aliphatic heterocycles. The van der Waals surface area contributed by atoms with Crippen molar-refractivity contribution in [2.24, 2.45) is 0 Å². The Hall–Kier alpha value is -2.50. The molecule has 2 heterocycles. The van der Waals surface area contributed by atoms with Crippen LogP contribution < -0.4 is 5.56 Å². The molecule has 0 aliphatic rings. The third-order valence-corrected chi connectivity index (χ3v) is 2.89. The number of ether oxygens (including phenoxy) is 1. The molecule has 0 aliphatic carbocycles. The van der Waals surface area contributed by atoms with E-state index in [0.717, 1.165) is 0 Å². The summed E-state index contributed by atoms with van der Waals surface area (Å²) >= 11 is 0. The Morgan fingerprint density at radius 1 is 1.35 bits per heavy atom. The highest BCUT2D eigenvalue weighted by molar-refractivity contribution is 5.88. The maximum atomic E-state index is 11.9. The van der Waals surface area contributed by atoms with Gasteiger partial charge in [-0.3, -0.25) is 14.3 Å². The number of pyridine rings is 1. The van der Waals surface area contributed by atoms with Crippen LogP contribution in [-0.2, 0) is 11.3 Å². The van der Waals surface area contributed by atoms with Gasteiger partial charge in [-0.2, -0.15) is 0 Å². The smallest absolute Gasteiger partial charge is 0.339 e. The molecular weight excluding hydrogens is 258 g/mol. The van der Waals surface area contributed by atoms with Crippen LogP contribution in [0.5, 0.6) is 0 Å². The van der Waals surface area contributed by atoms with Crippen molar-refractivity contribution in [3.05, 3.63) is 57.5 Å². The van der Waals surface area contributed by atoms with Crippen molar-refractivity contribution in [3.8, 4) is 0 Å². The van der Waals surface area contributed by atoms with Crippen LogP contribution in [0.25, 0.3) is 0 Å². The third-order valence-electron chi connectivity index (χ3n) is 2.89. The molecule has 0 saturated heterocycles. The second kappa shape index (κ2) is 5.64. The number of hydrogen-bond donors (Lipinski definition) is 0. The van der Waals surface area contributed by atoms with E-state index in [1.165, 1.54) is 23.9 Å². The SMILES string of the molecule is COC(=O)c1ccc(Cn2c(C)nc(C)cc2=O)nc1. The summed E-state index contributed by atoms with van der Waals surface area (Å²) in [7, 11) is 1.32. The van der Waals surface area contributed by atoms with E-state index < -0.39 is 5.97 Å². The zero-order valence-corrected chi connectivity index (χ0v) is 11.6. The Morgan fingerprint density at radius 2 is 2.10 bits per heavy atom. The number of carbonyl (C=O) groups is 1. The number of carbonyl (C=O) groups excluding carboxylic acids is 1. The molecule has 0 amide bonds. The quantitative estimate of drug-likeness (QED) is 0.783. The summed E-state index contributed by atoms with van der Waals surface area (Å²) in [6.07, 6.45) is 1.43. The van der Waals surface area contributed by atoms with Crippen LogP contribution in [0.4, 0.5) is 0 Å². The highest BCUT2D eigenvalue weighted by Crippen LogP contribution is 2.04. The van der Waals surface area contributed by atoms with Crippen molar-refractivity contribution in [3.63, 3.8) is 0 Å². The number of nitrogens with zero attached hydrogens (tertiary/aromatic N) is 3. The van der Waals surface area contributed by atoms with Gasteiger partial charge in [0.25, 0.3) is 5.56 Å². The molecule has 0 aromatic carbocycles. The van der Waals surface area contributed by atoms with Crippen LogP contribution >= 0.6 is 0 Å². The monoisotopic (exact) mass is 273 g/mol. The molecule has 0 fully saturated rings. The van der Waals surface area contributed by atoms with E-state index >= 15 is 0 Å². The Morgan fingerprint density at radius 3 is 2.65 bits per heavy atom. The van der Waals surface area contributed by atoms with E-state index in [2.05, 4.69) is 14.7 Å². The van der Waals surface area contributed by atoms with Gasteiger partial charge in [-0.1, -0.05) is 0 Å². The minimum absolute atomic E-state index is 0.117. The molecule has 0 radical (unpaired) electrons. The lowest BCUT2D eigenvalue weighted by atomic mass is 10.2. The first-order chi connectivity index (χ1) is 9.51. The summed E-state index contributed by atoms with van der Waals surface area (Å²) < 4.78 is 6.14. The minimum Gasteiger partial charge on any atom is -0.465 e. The van der Waals surface area contributed by atoms with Gasteiger partial charge in [-0.25, -0.2) is 9.78 Å². The van der Waals surface area contributed by atoms with E-state index in [4.69, 9.17) is 0 Å². The Labute approximate surface area is 116 Å². The summed E-state index contributed by atoms with van der Waals surface area (Å²) in [4.78, 5) is 31.6. The van der Waals surface area contributed by atoms with Crippen LogP contribution in [0.3, 0.4) is 0 Å². The van der Waals surface area contributed by atoms with Crippen LogP contribution in [0.15, 0.2) is 29.2 Å². The van der Waals surface area contributed by atoms with E-state index in [1.54, 1.807) is 26.0 Å². The Bertz CT molecular complexity index is 690. The molecule has 20 heavy (non-hydrogen) atoms. The van der Waals surface area contributed by atoms with Crippen molar-refractivity contribution in [2.45, 2.75) is 20.4 Å². The zero-order chi connectivity index (χ0) is 14.7. The molecule has 2 aromatic rings. The molecule has 0 unspecified atom stereocenters. The fraction of sp³-hybridized carbons (Fsp3) is 0.286. The Balaban J connectivity index is 2.27. The molecule has 2 rings (SSSR count). The minimum atomic E-state index is -0.436. The van der Waals surface area contributed by atoms with Crippen molar-refractivity contribution < 1.29 is 9.53 Å². The molecule has 0 atom stereocenters. The maximum Gasteiger partial charge on any atom is 0.339 e. The largest absolute Gasteiger partial charge is 0.465 e. The molecule has 2 aromatic heterocycles. The predicted molar refractivity (Wildman–Crippen MR) is 72.6 cm³/mol. The van der Waals surface area contributed by atoms with Crippen LogP contribution in [-0.4, -0.2) is 27.6 Å². The second-order valence-corrected chi connectivity index (χ2v) is 4.40.